The quantitative estimate of drug-likeness (QED) is 0.757. The Hall–Kier alpha value is -1.71. The Morgan fingerprint density at radius 1 is 1.17 bits per heavy atom. The molecule has 3 aromatic rings. The van der Waals surface area contributed by atoms with Crippen molar-refractivity contribution in [1.82, 2.24) is 4.98 Å². The minimum absolute atomic E-state index is 0.588. The summed E-state index contributed by atoms with van der Waals surface area (Å²) in [5, 5.41) is 13.8. The van der Waals surface area contributed by atoms with Crippen LogP contribution < -0.4 is 0 Å². The summed E-state index contributed by atoms with van der Waals surface area (Å²) >= 11 is 1.67. The summed E-state index contributed by atoms with van der Waals surface area (Å²) in [6.45, 7) is 1.97. The van der Waals surface area contributed by atoms with Gasteiger partial charge in [-0.15, -0.1) is 11.3 Å². The molecule has 2 nitrogen and oxygen atoms in total. The molecule has 0 aliphatic rings. The van der Waals surface area contributed by atoms with E-state index in [2.05, 4.69) is 22.5 Å². The van der Waals surface area contributed by atoms with Crippen molar-refractivity contribution in [2.75, 3.05) is 0 Å². The topological polar surface area (TPSA) is 33.1 Å². The van der Waals surface area contributed by atoms with Crippen molar-refractivity contribution in [1.29, 1.82) is 0 Å². The lowest BCUT2D eigenvalue weighted by Gasteiger charge is -2.14. The zero-order valence-electron chi connectivity index (χ0n) is 10.00. The van der Waals surface area contributed by atoms with Gasteiger partial charge in [-0.2, -0.15) is 0 Å². The zero-order valence-corrected chi connectivity index (χ0v) is 10.8. The number of aryl methyl sites for hydroxylation is 1. The van der Waals surface area contributed by atoms with Gasteiger partial charge in [0.1, 0.15) is 6.10 Å². The number of aliphatic hydroxyl groups is 1. The molecule has 1 N–H and O–H groups in total. The highest BCUT2D eigenvalue weighted by molar-refractivity contribution is 7.17. The number of pyridine rings is 1. The summed E-state index contributed by atoms with van der Waals surface area (Å²) < 4.78 is 1.15. The predicted octanol–water partition coefficient (Wildman–Crippen LogP) is 3.69. The molecule has 3 rings (SSSR count). The Bertz CT molecular complexity index is 690. The molecule has 0 aliphatic heterocycles. The fourth-order valence-corrected chi connectivity index (χ4v) is 3.13. The molecule has 0 bridgehead atoms. The van der Waals surface area contributed by atoms with Crippen LogP contribution in [-0.4, -0.2) is 10.1 Å². The van der Waals surface area contributed by atoms with E-state index >= 15 is 0 Å². The van der Waals surface area contributed by atoms with Crippen molar-refractivity contribution in [2.24, 2.45) is 0 Å². The number of thiophene rings is 1. The number of aromatic nitrogens is 1. The number of benzene rings is 1. The molecule has 0 saturated carbocycles. The molecule has 1 aromatic carbocycles. The maximum absolute atomic E-state index is 10.6. The molecule has 2 aromatic heterocycles. The molecule has 1 unspecified atom stereocenters. The molecular formula is C15H13NOS. The third-order valence-electron chi connectivity index (χ3n) is 3.16. The minimum atomic E-state index is -0.588. The first-order chi connectivity index (χ1) is 8.77. The molecule has 0 saturated heterocycles. The molecule has 0 amide bonds. The zero-order chi connectivity index (χ0) is 12.5. The van der Waals surface area contributed by atoms with Gasteiger partial charge in [0.2, 0.25) is 0 Å². The van der Waals surface area contributed by atoms with E-state index in [4.69, 9.17) is 0 Å². The first-order valence-corrected chi connectivity index (χ1v) is 6.70. The van der Waals surface area contributed by atoms with Crippen LogP contribution >= 0.6 is 11.3 Å². The fourth-order valence-electron chi connectivity index (χ4n) is 2.19. The van der Waals surface area contributed by atoms with Gasteiger partial charge < -0.3 is 5.11 Å². The molecule has 1 atom stereocenters. The van der Waals surface area contributed by atoms with Crippen LogP contribution in [0.3, 0.4) is 0 Å². The van der Waals surface area contributed by atoms with Crippen LogP contribution in [0.5, 0.6) is 0 Å². The Balaban J connectivity index is 2.15. The van der Waals surface area contributed by atoms with Gasteiger partial charge in [-0.3, -0.25) is 4.98 Å². The Kier molecular flexibility index (Phi) is 2.86. The standard InChI is InChI=1S/C15H13NOS/c1-10-9-16-7-5-12(10)14(17)13-4-2-3-11-6-8-18-15(11)13/h2-9,14,17H,1H3. The average molecular weight is 255 g/mol. The highest BCUT2D eigenvalue weighted by atomic mass is 32.1. The highest BCUT2D eigenvalue weighted by Gasteiger charge is 2.15. The van der Waals surface area contributed by atoms with Crippen LogP contribution in [0.15, 0.2) is 48.1 Å². The van der Waals surface area contributed by atoms with Crippen molar-refractivity contribution in [3.05, 3.63) is 64.8 Å². The summed E-state index contributed by atoms with van der Waals surface area (Å²) in [6, 6.07) is 10.0. The van der Waals surface area contributed by atoms with Crippen LogP contribution in [0.25, 0.3) is 10.1 Å². The van der Waals surface area contributed by atoms with Gasteiger partial charge in [-0.05, 0) is 40.9 Å². The number of hydrogen-bond acceptors (Lipinski definition) is 3. The van der Waals surface area contributed by atoms with Crippen LogP contribution in [0.1, 0.15) is 22.8 Å². The largest absolute Gasteiger partial charge is 0.384 e. The van der Waals surface area contributed by atoms with Gasteiger partial charge in [0, 0.05) is 22.7 Å². The van der Waals surface area contributed by atoms with E-state index in [0.717, 1.165) is 21.4 Å². The first-order valence-electron chi connectivity index (χ1n) is 5.82. The summed E-state index contributed by atoms with van der Waals surface area (Å²) in [7, 11) is 0. The summed E-state index contributed by atoms with van der Waals surface area (Å²) in [4.78, 5) is 4.06. The predicted molar refractivity (Wildman–Crippen MR) is 74.9 cm³/mol. The smallest absolute Gasteiger partial charge is 0.106 e. The highest BCUT2D eigenvalue weighted by Crippen LogP contribution is 2.32. The van der Waals surface area contributed by atoms with Gasteiger partial charge in [0.25, 0.3) is 0 Å². The first kappa shape index (κ1) is 11.4. The molecule has 3 heteroatoms. The van der Waals surface area contributed by atoms with Crippen molar-refractivity contribution >= 4 is 21.4 Å². The van der Waals surface area contributed by atoms with Gasteiger partial charge in [-0.1, -0.05) is 18.2 Å². The second-order valence-corrected chi connectivity index (χ2v) is 5.24. The van der Waals surface area contributed by atoms with Crippen molar-refractivity contribution in [2.45, 2.75) is 13.0 Å². The fraction of sp³-hybridized carbons (Fsp3) is 0.133. The number of nitrogens with zero attached hydrogens (tertiary/aromatic N) is 1. The van der Waals surface area contributed by atoms with E-state index in [-0.39, 0.29) is 0 Å². The Morgan fingerprint density at radius 3 is 2.89 bits per heavy atom. The van der Waals surface area contributed by atoms with E-state index in [1.807, 2.05) is 25.1 Å². The molecule has 0 spiro atoms. The van der Waals surface area contributed by atoms with Crippen LogP contribution in [-0.2, 0) is 0 Å². The van der Waals surface area contributed by atoms with Gasteiger partial charge >= 0.3 is 0 Å². The van der Waals surface area contributed by atoms with Crippen molar-refractivity contribution in [3.63, 3.8) is 0 Å². The van der Waals surface area contributed by atoms with E-state index in [9.17, 15) is 5.11 Å². The number of hydrogen-bond donors (Lipinski definition) is 1. The molecule has 0 radical (unpaired) electrons. The maximum Gasteiger partial charge on any atom is 0.106 e. The third kappa shape index (κ3) is 1.82. The van der Waals surface area contributed by atoms with Crippen LogP contribution in [0.2, 0.25) is 0 Å². The van der Waals surface area contributed by atoms with E-state index in [1.165, 1.54) is 5.39 Å². The van der Waals surface area contributed by atoms with Gasteiger partial charge in [0.05, 0.1) is 0 Å². The number of rotatable bonds is 2. The average Bonchev–Trinajstić information content (AvgIpc) is 2.86. The SMILES string of the molecule is Cc1cnccc1C(O)c1cccc2ccsc12. The van der Waals surface area contributed by atoms with E-state index in [0.29, 0.717) is 0 Å². The van der Waals surface area contributed by atoms with Gasteiger partial charge in [-0.25, -0.2) is 0 Å². The molecular weight excluding hydrogens is 242 g/mol. The lowest BCUT2D eigenvalue weighted by Crippen LogP contribution is -2.02. The Morgan fingerprint density at radius 2 is 2.06 bits per heavy atom. The molecule has 90 valence electrons. The molecule has 0 fully saturated rings. The van der Waals surface area contributed by atoms with Crippen LogP contribution in [0, 0.1) is 6.92 Å². The lowest BCUT2D eigenvalue weighted by atomic mass is 9.98. The summed E-state index contributed by atoms with van der Waals surface area (Å²) in [5.41, 5.74) is 2.90. The second-order valence-electron chi connectivity index (χ2n) is 4.32. The maximum atomic E-state index is 10.6. The van der Waals surface area contributed by atoms with E-state index < -0.39 is 6.10 Å². The molecule has 0 aliphatic carbocycles. The lowest BCUT2D eigenvalue weighted by molar-refractivity contribution is 0.221. The molecule has 2 heterocycles. The van der Waals surface area contributed by atoms with Crippen molar-refractivity contribution < 1.29 is 5.11 Å². The third-order valence-corrected chi connectivity index (χ3v) is 4.14. The summed E-state index contributed by atoms with van der Waals surface area (Å²) in [6.07, 6.45) is 2.92. The number of aliphatic hydroxyl groups excluding tert-OH is 1. The monoisotopic (exact) mass is 255 g/mol. The normalized spacial score (nSPS) is 12.8. The summed E-state index contributed by atoms with van der Waals surface area (Å²) in [5.74, 6) is 0. The molecule has 18 heavy (non-hydrogen) atoms. The Labute approximate surface area is 110 Å². The number of fused-ring (bicyclic) bond motifs is 1. The minimum Gasteiger partial charge on any atom is -0.384 e. The second kappa shape index (κ2) is 4.52. The van der Waals surface area contributed by atoms with E-state index in [1.54, 1.807) is 23.7 Å². The van der Waals surface area contributed by atoms with Gasteiger partial charge in [0.15, 0.2) is 0 Å². The van der Waals surface area contributed by atoms with Crippen molar-refractivity contribution in [3.8, 4) is 0 Å². The van der Waals surface area contributed by atoms with Crippen LogP contribution in [0.4, 0.5) is 0 Å².